The first-order valence-electron chi connectivity index (χ1n) is 7.28. The standard InChI is InChI=1S/C15H23N3O2/c19-15(20)11-17-10-14-2-1-8-18(12-14)9-5-13-3-6-16-7-4-13/h3-4,6-7,14,17H,1-2,5,8-12H2,(H,19,20). The van der Waals surface area contributed by atoms with Gasteiger partial charge in [0.25, 0.3) is 0 Å². The average Bonchev–Trinajstić information content (AvgIpc) is 2.46. The fraction of sp³-hybridized carbons (Fsp3) is 0.600. The first-order chi connectivity index (χ1) is 9.74. The fourth-order valence-corrected chi connectivity index (χ4v) is 2.74. The maximum absolute atomic E-state index is 10.5. The Morgan fingerprint density at radius 2 is 2.25 bits per heavy atom. The number of carboxylic acids is 1. The number of piperidine rings is 1. The van der Waals surface area contributed by atoms with Crippen LogP contribution in [0.15, 0.2) is 24.5 Å². The van der Waals surface area contributed by atoms with Crippen LogP contribution in [0.3, 0.4) is 0 Å². The molecule has 1 fully saturated rings. The summed E-state index contributed by atoms with van der Waals surface area (Å²) < 4.78 is 0. The largest absolute Gasteiger partial charge is 0.480 e. The Morgan fingerprint density at radius 3 is 3.00 bits per heavy atom. The normalized spacial score (nSPS) is 19.9. The number of nitrogens with zero attached hydrogens (tertiary/aromatic N) is 2. The number of rotatable bonds is 7. The third kappa shape index (κ3) is 5.27. The van der Waals surface area contributed by atoms with E-state index in [4.69, 9.17) is 5.11 Å². The highest BCUT2D eigenvalue weighted by Crippen LogP contribution is 2.16. The van der Waals surface area contributed by atoms with E-state index in [9.17, 15) is 4.79 Å². The molecule has 5 nitrogen and oxygen atoms in total. The minimum Gasteiger partial charge on any atom is -0.480 e. The van der Waals surface area contributed by atoms with Gasteiger partial charge in [-0.3, -0.25) is 9.78 Å². The molecule has 1 aromatic rings. The molecule has 0 aromatic carbocycles. The maximum Gasteiger partial charge on any atom is 0.317 e. The number of carboxylic acid groups (broad SMARTS) is 1. The zero-order chi connectivity index (χ0) is 14.2. The van der Waals surface area contributed by atoms with Crippen LogP contribution in [0, 0.1) is 5.92 Å². The number of hydrogen-bond donors (Lipinski definition) is 2. The number of aliphatic carboxylic acids is 1. The van der Waals surface area contributed by atoms with E-state index in [1.165, 1.54) is 18.4 Å². The van der Waals surface area contributed by atoms with Gasteiger partial charge < -0.3 is 15.3 Å². The molecule has 110 valence electrons. The lowest BCUT2D eigenvalue weighted by molar-refractivity contribution is -0.136. The summed E-state index contributed by atoms with van der Waals surface area (Å²) in [5, 5.41) is 11.6. The van der Waals surface area contributed by atoms with Crippen molar-refractivity contribution in [3.63, 3.8) is 0 Å². The molecular formula is C15H23N3O2. The van der Waals surface area contributed by atoms with Crippen LogP contribution >= 0.6 is 0 Å². The molecule has 0 radical (unpaired) electrons. The van der Waals surface area contributed by atoms with E-state index in [0.717, 1.165) is 32.6 Å². The zero-order valence-electron chi connectivity index (χ0n) is 11.8. The van der Waals surface area contributed by atoms with Crippen LogP contribution in [0.2, 0.25) is 0 Å². The maximum atomic E-state index is 10.5. The number of hydrogen-bond acceptors (Lipinski definition) is 4. The summed E-state index contributed by atoms with van der Waals surface area (Å²) in [5.74, 6) is -0.212. The predicted octanol–water partition coefficient (Wildman–Crippen LogP) is 1.01. The summed E-state index contributed by atoms with van der Waals surface area (Å²) in [4.78, 5) is 17.0. The quantitative estimate of drug-likeness (QED) is 0.778. The molecule has 1 aliphatic rings. The van der Waals surface area contributed by atoms with Crippen molar-refractivity contribution < 1.29 is 9.90 Å². The minimum atomic E-state index is -0.782. The SMILES string of the molecule is O=C(O)CNCC1CCCN(CCc2ccncc2)C1. The number of aromatic nitrogens is 1. The number of likely N-dealkylation sites (tertiary alicyclic amines) is 1. The van der Waals surface area contributed by atoms with E-state index < -0.39 is 5.97 Å². The van der Waals surface area contributed by atoms with E-state index in [-0.39, 0.29) is 6.54 Å². The molecule has 2 rings (SSSR count). The van der Waals surface area contributed by atoms with Crippen molar-refractivity contribution in [1.82, 2.24) is 15.2 Å². The number of nitrogens with one attached hydrogen (secondary N) is 1. The molecule has 20 heavy (non-hydrogen) atoms. The third-order valence-electron chi connectivity index (χ3n) is 3.78. The second-order valence-corrected chi connectivity index (χ2v) is 5.44. The molecule has 1 aliphatic heterocycles. The van der Waals surface area contributed by atoms with Crippen LogP contribution < -0.4 is 5.32 Å². The molecule has 1 unspecified atom stereocenters. The lowest BCUT2D eigenvalue weighted by Gasteiger charge is -2.32. The molecule has 0 saturated carbocycles. The lowest BCUT2D eigenvalue weighted by Crippen LogP contribution is -2.41. The first-order valence-corrected chi connectivity index (χ1v) is 7.28. The van der Waals surface area contributed by atoms with E-state index >= 15 is 0 Å². The van der Waals surface area contributed by atoms with Gasteiger partial charge in [-0.2, -0.15) is 0 Å². The van der Waals surface area contributed by atoms with Gasteiger partial charge in [-0.1, -0.05) is 0 Å². The van der Waals surface area contributed by atoms with Gasteiger partial charge in [0.15, 0.2) is 0 Å². The van der Waals surface area contributed by atoms with Crippen molar-refractivity contribution in [1.29, 1.82) is 0 Å². The molecule has 1 saturated heterocycles. The Hall–Kier alpha value is -1.46. The second-order valence-electron chi connectivity index (χ2n) is 5.44. The second kappa shape index (κ2) is 7.97. The monoisotopic (exact) mass is 277 g/mol. The summed E-state index contributed by atoms with van der Waals surface area (Å²) in [6, 6.07) is 4.13. The van der Waals surface area contributed by atoms with Crippen LogP contribution in [0.1, 0.15) is 18.4 Å². The predicted molar refractivity (Wildman–Crippen MR) is 77.6 cm³/mol. The van der Waals surface area contributed by atoms with Gasteiger partial charge in [0.1, 0.15) is 0 Å². The van der Waals surface area contributed by atoms with Crippen molar-refractivity contribution in [3.05, 3.63) is 30.1 Å². The number of carbonyl (C=O) groups is 1. The van der Waals surface area contributed by atoms with E-state index in [2.05, 4.69) is 27.3 Å². The average molecular weight is 277 g/mol. The Bertz CT molecular complexity index is 411. The van der Waals surface area contributed by atoms with Crippen molar-refractivity contribution in [2.75, 3.05) is 32.7 Å². The molecule has 1 aromatic heterocycles. The molecule has 1 atom stereocenters. The van der Waals surface area contributed by atoms with Crippen molar-refractivity contribution in [3.8, 4) is 0 Å². The smallest absolute Gasteiger partial charge is 0.317 e. The van der Waals surface area contributed by atoms with Gasteiger partial charge in [0, 0.05) is 25.5 Å². The molecular weight excluding hydrogens is 254 g/mol. The van der Waals surface area contributed by atoms with Crippen LogP contribution in [0.4, 0.5) is 0 Å². The van der Waals surface area contributed by atoms with Gasteiger partial charge in [0.2, 0.25) is 0 Å². The molecule has 0 spiro atoms. The van der Waals surface area contributed by atoms with Crippen molar-refractivity contribution >= 4 is 5.97 Å². The first kappa shape index (κ1) is 14.9. The lowest BCUT2D eigenvalue weighted by atomic mass is 9.97. The topological polar surface area (TPSA) is 65.5 Å². The van der Waals surface area contributed by atoms with Gasteiger partial charge in [0.05, 0.1) is 6.54 Å². The summed E-state index contributed by atoms with van der Waals surface area (Å²) in [5.41, 5.74) is 1.33. The van der Waals surface area contributed by atoms with Gasteiger partial charge in [-0.15, -0.1) is 0 Å². The Morgan fingerprint density at radius 1 is 1.45 bits per heavy atom. The molecule has 0 bridgehead atoms. The third-order valence-corrected chi connectivity index (χ3v) is 3.78. The van der Waals surface area contributed by atoms with E-state index in [0.29, 0.717) is 5.92 Å². The van der Waals surface area contributed by atoms with Crippen LogP contribution in [0.5, 0.6) is 0 Å². The van der Waals surface area contributed by atoms with Gasteiger partial charge >= 0.3 is 5.97 Å². The Labute approximate surface area is 120 Å². The molecule has 0 amide bonds. The highest BCUT2D eigenvalue weighted by Gasteiger charge is 2.19. The summed E-state index contributed by atoms with van der Waals surface area (Å²) in [7, 11) is 0. The Kier molecular flexibility index (Phi) is 5.95. The highest BCUT2D eigenvalue weighted by molar-refractivity contribution is 5.68. The molecule has 0 aliphatic carbocycles. The number of pyridine rings is 1. The molecule has 2 heterocycles. The molecule has 2 N–H and O–H groups in total. The Balaban J connectivity index is 1.69. The van der Waals surface area contributed by atoms with E-state index in [1.807, 2.05) is 12.4 Å². The summed E-state index contributed by atoms with van der Waals surface area (Å²) >= 11 is 0. The minimum absolute atomic E-state index is 0.0630. The summed E-state index contributed by atoms with van der Waals surface area (Å²) in [6.45, 7) is 4.16. The van der Waals surface area contributed by atoms with Gasteiger partial charge in [-0.25, -0.2) is 0 Å². The van der Waals surface area contributed by atoms with E-state index in [1.54, 1.807) is 0 Å². The summed E-state index contributed by atoms with van der Waals surface area (Å²) in [6.07, 6.45) is 7.13. The van der Waals surface area contributed by atoms with Crippen molar-refractivity contribution in [2.45, 2.75) is 19.3 Å². The highest BCUT2D eigenvalue weighted by atomic mass is 16.4. The van der Waals surface area contributed by atoms with Gasteiger partial charge in [-0.05, 0) is 56.0 Å². The molecule has 5 heteroatoms. The van der Waals surface area contributed by atoms with Crippen LogP contribution in [0.25, 0.3) is 0 Å². The van der Waals surface area contributed by atoms with Crippen molar-refractivity contribution in [2.24, 2.45) is 5.92 Å². The fourth-order valence-electron chi connectivity index (χ4n) is 2.74. The van der Waals surface area contributed by atoms with Crippen LogP contribution in [-0.4, -0.2) is 53.7 Å². The van der Waals surface area contributed by atoms with Crippen LogP contribution in [-0.2, 0) is 11.2 Å². The zero-order valence-corrected chi connectivity index (χ0v) is 11.8.